The van der Waals surface area contributed by atoms with Gasteiger partial charge in [-0.25, -0.2) is 9.97 Å². The van der Waals surface area contributed by atoms with E-state index in [1.165, 1.54) is 17.7 Å². The first-order chi connectivity index (χ1) is 10.6. The van der Waals surface area contributed by atoms with Crippen LogP contribution in [0.2, 0.25) is 0 Å². The van der Waals surface area contributed by atoms with Gasteiger partial charge in [-0.05, 0) is 45.5 Å². The predicted molar refractivity (Wildman–Crippen MR) is 89.1 cm³/mol. The minimum Gasteiger partial charge on any atom is -0.358 e. The van der Waals surface area contributed by atoms with Crippen molar-refractivity contribution in [1.29, 1.82) is 0 Å². The Morgan fingerprint density at radius 1 is 1.05 bits per heavy atom. The van der Waals surface area contributed by atoms with Gasteiger partial charge in [0, 0.05) is 37.6 Å². The van der Waals surface area contributed by atoms with E-state index in [4.69, 9.17) is 9.97 Å². The highest BCUT2D eigenvalue weighted by atomic mass is 15.2. The van der Waals surface area contributed by atoms with Crippen LogP contribution in [0.15, 0.2) is 24.4 Å². The molecule has 5 nitrogen and oxygen atoms in total. The maximum absolute atomic E-state index is 4.83. The molecule has 0 fully saturated rings. The van der Waals surface area contributed by atoms with Gasteiger partial charge in [0.2, 0.25) is 0 Å². The number of pyridine rings is 1. The first-order valence-corrected chi connectivity index (χ1v) is 7.82. The van der Waals surface area contributed by atoms with Crippen LogP contribution in [-0.4, -0.2) is 54.1 Å². The molecule has 0 aliphatic heterocycles. The molecule has 5 heteroatoms. The number of nitrogens with zero attached hydrogens (tertiary/aromatic N) is 5. The molecule has 22 heavy (non-hydrogen) atoms. The van der Waals surface area contributed by atoms with Gasteiger partial charge >= 0.3 is 0 Å². The zero-order valence-electron chi connectivity index (χ0n) is 13.6. The molecule has 0 amide bonds. The van der Waals surface area contributed by atoms with Crippen LogP contribution in [0.25, 0.3) is 11.5 Å². The lowest BCUT2D eigenvalue weighted by atomic mass is 10.2. The lowest BCUT2D eigenvalue weighted by Crippen LogP contribution is -2.30. The Labute approximate surface area is 132 Å². The van der Waals surface area contributed by atoms with Crippen LogP contribution >= 0.6 is 0 Å². The Bertz CT molecular complexity index is 639. The number of likely N-dealkylation sites (N-methyl/N-ethyl adjacent to an activating group) is 2. The minimum atomic E-state index is 0.743. The summed E-state index contributed by atoms with van der Waals surface area (Å²) in [7, 11) is 6.31. The van der Waals surface area contributed by atoms with Crippen molar-refractivity contribution in [1.82, 2.24) is 19.9 Å². The third-order valence-corrected chi connectivity index (χ3v) is 4.05. The summed E-state index contributed by atoms with van der Waals surface area (Å²) >= 11 is 0. The van der Waals surface area contributed by atoms with Gasteiger partial charge in [-0.2, -0.15) is 0 Å². The van der Waals surface area contributed by atoms with Crippen LogP contribution < -0.4 is 4.90 Å². The lowest BCUT2D eigenvalue weighted by Gasteiger charge is -2.23. The molecule has 3 rings (SSSR count). The Hall–Kier alpha value is -2.01. The highest BCUT2D eigenvalue weighted by molar-refractivity contribution is 5.58. The number of aromatic nitrogens is 3. The number of hydrogen-bond acceptors (Lipinski definition) is 5. The van der Waals surface area contributed by atoms with Gasteiger partial charge in [-0.1, -0.05) is 6.07 Å². The molecule has 2 heterocycles. The van der Waals surface area contributed by atoms with E-state index in [1.54, 1.807) is 6.20 Å². The normalized spacial score (nSPS) is 13.5. The zero-order valence-corrected chi connectivity index (χ0v) is 13.6. The summed E-state index contributed by atoms with van der Waals surface area (Å²) in [6.45, 7) is 1.96. The standard InChI is InChI=1S/C17H23N5/c1-21(2)11-12-22(3)17-13-7-6-9-14(13)19-16(20-17)15-8-4-5-10-18-15/h4-5,8,10H,6-7,9,11-12H2,1-3H3. The molecule has 0 atom stereocenters. The molecular weight excluding hydrogens is 274 g/mol. The molecule has 1 aliphatic rings. The van der Waals surface area contributed by atoms with Gasteiger partial charge < -0.3 is 9.80 Å². The third kappa shape index (κ3) is 3.09. The molecule has 0 saturated heterocycles. The van der Waals surface area contributed by atoms with E-state index >= 15 is 0 Å². The second-order valence-electron chi connectivity index (χ2n) is 6.09. The maximum atomic E-state index is 4.83. The molecule has 0 spiro atoms. The van der Waals surface area contributed by atoms with Crippen molar-refractivity contribution in [3.05, 3.63) is 35.7 Å². The van der Waals surface area contributed by atoms with Crippen molar-refractivity contribution >= 4 is 5.82 Å². The summed E-state index contributed by atoms with van der Waals surface area (Å²) < 4.78 is 0. The van der Waals surface area contributed by atoms with E-state index in [0.29, 0.717) is 0 Å². The summed E-state index contributed by atoms with van der Waals surface area (Å²) in [4.78, 5) is 18.4. The van der Waals surface area contributed by atoms with Crippen LogP contribution in [0.3, 0.4) is 0 Å². The number of hydrogen-bond donors (Lipinski definition) is 0. The van der Waals surface area contributed by atoms with Gasteiger partial charge in [0.15, 0.2) is 5.82 Å². The molecule has 2 aromatic heterocycles. The summed E-state index contributed by atoms with van der Waals surface area (Å²) in [5.74, 6) is 1.82. The molecule has 1 aliphatic carbocycles. The van der Waals surface area contributed by atoms with E-state index < -0.39 is 0 Å². The summed E-state index contributed by atoms with van der Waals surface area (Å²) in [5.41, 5.74) is 3.36. The molecular formula is C17H23N5. The molecule has 0 unspecified atom stereocenters. The van der Waals surface area contributed by atoms with Crippen LogP contribution in [0, 0.1) is 0 Å². The number of anilines is 1. The number of fused-ring (bicyclic) bond motifs is 1. The highest BCUT2D eigenvalue weighted by Crippen LogP contribution is 2.30. The second-order valence-corrected chi connectivity index (χ2v) is 6.09. The fraction of sp³-hybridized carbons (Fsp3) is 0.471. The molecule has 0 bridgehead atoms. The fourth-order valence-corrected chi connectivity index (χ4v) is 2.79. The van der Waals surface area contributed by atoms with Gasteiger partial charge in [-0.3, -0.25) is 4.98 Å². The van der Waals surface area contributed by atoms with Crippen molar-refractivity contribution in [3.63, 3.8) is 0 Å². The molecule has 0 aromatic carbocycles. The van der Waals surface area contributed by atoms with E-state index in [-0.39, 0.29) is 0 Å². The Morgan fingerprint density at radius 3 is 2.64 bits per heavy atom. The highest BCUT2D eigenvalue weighted by Gasteiger charge is 2.22. The van der Waals surface area contributed by atoms with E-state index in [9.17, 15) is 0 Å². The number of rotatable bonds is 5. The maximum Gasteiger partial charge on any atom is 0.180 e. The van der Waals surface area contributed by atoms with Crippen molar-refractivity contribution < 1.29 is 0 Å². The van der Waals surface area contributed by atoms with Crippen molar-refractivity contribution in [2.75, 3.05) is 39.1 Å². The Kier molecular flexibility index (Phi) is 4.34. The summed E-state index contributed by atoms with van der Waals surface area (Å²) in [6.07, 6.45) is 5.09. The fourth-order valence-electron chi connectivity index (χ4n) is 2.79. The molecule has 0 radical (unpaired) electrons. The van der Waals surface area contributed by atoms with Crippen LogP contribution in [0.4, 0.5) is 5.82 Å². The van der Waals surface area contributed by atoms with Crippen molar-refractivity contribution in [2.24, 2.45) is 0 Å². The number of aryl methyl sites for hydroxylation is 1. The minimum absolute atomic E-state index is 0.743. The van der Waals surface area contributed by atoms with E-state index in [0.717, 1.165) is 43.3 Å². The average molecular weight is 297 g/mol. The first-order valence-electron chi connectivity index (χ1n) is 7.82. The lowest BCUT2D eigenvalue weighted by molar-refractivity contribution is 0.416. The Balaban J connectivity index is 1.96. The van der Waals surface area contributed by atoms with Crippen molar-refractivity contribution in [2.45, 2.75) is 19.3 Å². The van der Waals surface area contributed by atoms with Gasteiger partial charge in [0.05, 0.1) is 0 Å². The third-order valence-electron chi connectivity index (χ3n) is 4.05. The molecule has 2 aromatic rings. The van der Waals surface area contributed by atoms with Crippen molar-refractivity contribution in [3.8, 4) is 11.5 Å². The molecule has 0 N–H and O–H groups in total. The second kappa shape index (κ2) is 6.40. The topological polar surface area (TPSA) is 45.2 Å². The smallest absolute Gasteiger partial charge is 0.180 e. The van der Waals surface area contributed by atoms with E-state index in [2.05, 4.69) is 35.9 Å². The van der Waals surface area contributed by atoms with Gasteiger partial charge in [-0.15, -0.1) is 0 Å². The van der Waals surface area contributed by atoms with E-state index in [1.807, 2.05) is 18.2 Å². The molecule has 0 saturated carbocycles. The zero-order chi connectivity index (χ0) is 15.5. The van der Waals surface area contributed by atoms with Gasteiger partial charge in [0.25, 0.3) is 0 Å². The van der Waals surface area contributed by atoms with Crippen LogP contribution in [0.1, 0.15) is 17.7 Å². The molecule has 116 valence electrons. The SMILES string of the molecule is CN(C)CCN(C)c1nc(-c2ccccn2)nc2c1CCC2. The van der Waals surface area contributed by atoms with Gasteiger partial charge in [0.1, 0.15) is 11.5 Å². The summed E-state index contributed by atoms with van der Waals surface area (Å²) in [6, 6.07) is 5.87. The van der Waals surface area contributed by atoms with Crippen LogP contribution in [-0.2, 0) is 12.8 Å². The quantitative estimate of drug-likeness (QED) is 0.845. The monoisotopic (exact) mass is 297 g/mol. The predicted octanol–water partition coefficient (Wildman–Crippen LogP) is 2.03. The largest absolute Gasteiger partial charge is 0.358 e. The first kappa shape index (κ1) is 14.9. The Morgan fingerprint density at radius 2 is 1.91 bits per heavy atom. The van der Waals surface area contributed by atoms with Crippen LogP contribution in [0.5, 0.6) is 0 Å². The summed E-state index contributed by atoms with van der Waals surface area (Å²) in [5, 5.41) is 0. The average Bonchev–Trinajstić information content (AvgIpc) is 3.01.